The minimum absolute atomic E-state index is 0.313. The minimum Gasteiger partial charge on any atom is -0.356 e. The Balaban J connectivity index is 1.11. The van der Waals surface area contributed by atoms with E-state index in [9.17, 15) is 19.2 Å². The van der Waals surface area contributed by atoms with E-state index in [1.54, 1.807) is 12.3 Å². The Labute approximate surface area is 223 Å². The van der Waals surface area contributed by atoms with Crippen LogP contribution in [0.3, 0.4) is 0 Å². The Morgan fingerprint density at radius 2 is 1.97 bits per heavy atom. The van der Waals surface area contributed by atoms with Crippen molar-refractivity contribution in [1.29, 1.82) is 0 Å². The smallest absolute Gasteiger partial charge is 0.328 e. The zero-order chi connectivity index (χ0) is 26.7. The third kappa shape index (κ3) is 4.20. The summed E-state index contributed by atoms with van der Waals surface area (Å²) in [5, 5.41) is 5.31. The number of piperidine rings is 1. The van der Waals surface area contributed by atoms with E-state index >= 15 is 0 Å². The van der Waals surface area contributed by atoms with Gasteiger partial charge in [-0.2, -0.15) is 0 Å². The summed E-state index contributed by atoms with van der Waals surface area (Å²) in [6.45, 7) is 4.81. The monoisotopic (exact) mass is 536 g/mol. The number of carbonyl (C=O) groups is 4. The molecule has 1 saturated carbocycles. The number of thiazole rings is 1. The fourth-order valence-electron chi connectivity index (χ4n) is 5.40. The molecule has 38 heavy (non-hydrogen) atoms. The number of likely N-dealkylation sites (N-methyl/N-ethyl adjacent to an activating group) is 1. The second-order valence-electron chi connectivity index (χ2n) is 10.4. The summed E-state index contributed by atoms with van der Waals surface area (Å²) < 4.78 is 0. The van der Waals surface area contributed by atoms with Crippen LogP contribution in [0.2, 0.25) is 0 Å². The highest BCUT2D eigenvalue weighted by molar-refractivity contribution is 7.13. The SMILES string of the molecule is CC(=O)CN1C(=O)C2C(N=CN2[C@@H](C)C(=O)Nc2csc(-c3ccc(N4CC5CC5C4)nc3)n2)N(C)C1=O. The third-order valence-electron chi connectivity index (χ3n) is 7.67. The zero-order valence-electron chi connectivity index (χ0n) is 21.3. The van der Waals surface area contributed by atoms with Gasteiger partial charge in [0.05, 0.1) is 12.9 Å². The van der Waals surface area contributed by atoms with E-state index in [4.69, 9.17) is 0 Å². The van der Waals surface area contributed by atoms with Gasteiger partial charge < -0.3 is 20.0 Å². The van der Waals surface area contributed by atoms with Crippen molar-refractivity contribution in [2.75, 3.05) is 36.9 Å². The molecule has 4 unspecified atom stereocenters. The van der Waals surface area contributed by atoms with Crippen LogP contribution in [0.15, 0.2) is 28.7 Å². The van der Waals surface area contributed by atoms with E-state index in [1.807, 2.05) is 18.3 Å². The van der Waals surface area contributed by atoms with Crippen molar-refractivity contribution in [1.82, 2.24) is 24.7 Å². The van der Waals surface area contributed by atoms with Crippen molar-refractivity contribution in [3.63, 3.8) is 0 Å². The van der Waals surface area contributed by atoms with Crippen LogP contribution in [0.4, 0.5) is 16.4 Å². The van der Waals surface area contributed by atoms with E-state index in [2.05, 4.69) is 25.2 Å². The highest BCUT2D eigenvalue weighted by Crippen LogP contribution is 2.46. The van der Waals surface area contributed by atoms with Crippen LogP contribution >= 0.6 is 11.3 Å². The number of ketones is 1. The first-order chi connectivity index (χ1) is 18.2. The first-order valence-corrected chi connectivity index (χ1v) is 13.5. The molecule has 13 heteroatoms. The number of aliphatic imine (C=N–C) groups is 1. The normalized spacial score (nSPS) is 26.5. The molecule has 5 heterocycles. The molecule has 4 aliphatic rings. The summed E-state index contributed by atoms with van der Waals surface area (Å²) in [7, 11) is 1.52. The Morgan fingerprint density at radius 3 is 2.66 bits per heavy atom. The van der Waals surface area contributed by atoms with E-state index in [1.165, 1.54) is 47.9 Å². The highest BCUT2D eigenvalue weighted by Gasteiger charge is 2.51. The van der Waals surface area contributed by atoms with Crippen molar-refractivity contribution in [2.24, 2.45) is 16.8 Å². The number of hydrogen-bond donors (Lipinski definition) is 1. The van der Waals surface area contributed by atoms with E-state index in [0.29, 0.717) is 5.82 Å². The van der Waals surface area contributed by atoms with Gasteiger partial charge in [0.15, 0.2) is 12.2 Å². The lowest BCUT2D eigenvalue weighted by molar-refractivity contribution is -0.141. The Kier molecular flexibility index (Phi) is 5.89. The van der Waals surface area contributed by atoms with Crippen molar-refractivity contribution in [2.45, 2.75) is 38.5 Å². The van der Waals surface area contributed by atoms with Crippen LogP contribution in [-0.2, 0) is 14.4 Å². The number of aromatic nitrogens is 2. The molecule has 6 rings (SSSR count). The quantitative estimate of drug-likeness (QED) is 0.563. The lowest BCUT2D eigenvalue weighted by atomic mass is 10.1. The van der Waals surface area contributed by atoms with Crippen molar-refractivity contribution >= 4 is 52.9 Å². The summed E-state index contributed by atoms with van der Waals surface area (Å²) in [6, 6.07) is 1.76. The maximum atomic E-state index is 13.1. The number of Topliss-reactive ketones (excluding diaryl/α,β-unsaturated/α-hetero) is 1. The van der Waals surface area contributed by atoms with Gasteiger partial charge in [-0.1, -0.05) is 0 Å². The van der Waals surface area contributed by atoms with Crippen LogP contribution < -0.4 is 10.2 Å². The maximum Gasteiger partial charge on any atom is 0.328 e. The number of amides is 4. The second-order valence-corrected chi connectivity index (χ2v) is 11.2. The summed E-state index contributed by atoms with van der Waals surface area (Å²) >= 11 is 1.40. The fourth-order valence-corrected chi connectivity index (χ4v) is 6.14. The van der Waals surface area contributed by atoms with Gasteiger partial charge in [-0.3, -0.25) is 19.3 Å². The number of urea groups is 1. The number of nitrogens with zero attached hydrogens (tertiary/aromatic N) is 7. The lowest BCUT2D eigenvalue weighted by Crippen LogP contribution is -2.66. The first kappa shape index (κ1) is 24.5. The molecule has 12 nitrogen and oxygen atoms in total. The lowest BCUT2D eigenvalue weighted by Gasteiger charge is -2.41. The molecule has 198 valence electrons. The van der Waals surface area contributed by atoms with E-state index < -0.39 is 30.2 Å². The van der Waals surface area contributed by atoms with Crippen molar-refractivity contribution in [3.05, 3.63) is 23.7 Å². The van der Waals surface area contributed by atoms with Gasteiger partial charge in [-0.05, 0) is 44.2 Å². The molecular formula is C25H28N8O4S. The second kappa shape index (κ2) is 9.15. The minimum atomic E-state index is -0.894. The number of nitrogens with one attached hydrogen (secondary N) is 1. The molecule has 0 bridgehead atoms. The number of carbonyl (C=O) groups excluding carboxylic acids is 4. The molecule has 1 N–H and O–H groups in total. The van der Waals surface area contributed by atoms with Crippen LogP contribution in [0, 0.1) is 11.8 Å². The average molecular weight is 537 g/mol. The van der Waals surface area contributed by atoms with Crippen LogP contribution in [0.1, 0.15) is 20.3 Å². The number of fused-ring (bicyclic) bond motifs is 2. The maximum absolute atomic E-state index is 13.1. The van der Waals surface area contributed by atoms with Gasteiger partial charge in [-0.25, -0.2) is 19.8 Å². The molecule has 4 amide bonds. The zero-order valence-corrected chi connectivity index (χ0v) is 22.1. The van der Waals surface area contributed by atoms with Gasteiger partial charge in [0.2, 0.25) is 5.91 Å². The van der Waals surface area contributed by atoms with Gasteiger partial charge >= 0.3 is 6.03 Å². The molecule has 0 radical (unpaired) electrons. The topological polar surface area (TPSA) is 131 Å². The number of anilines is 2. The number of hydrogen-bond acceptors (Lipinski definition) is 10. The highest BCUT2D eigenvalue weighted by atomic mass is 32.1. The molecular weight excluding hydrogens is 508 g/mol. The van der Waals surface area contributed by atoms with Gasteiger partial charge in [0, 0.05) is 37.3 Å². The Morgan fingerprint density at radius 1 is 1.21 bits per heavy atom. The molecule has 2 aromatic heterocycles. The predicted molar refractivity (Wildman–Crippen MR) is 141 cm³/mol. The third-order valence-corrected chi connectivity index (χ3v) is 8.56. The van der Waals surface area contributed by atoms with Crippen LogP contribution in [-0.4, -0.2) is 99.6 Å². The molecule has 3 fully saturated rings. The average Bonchev–Trinajstić information content (AvgIpc) is 3.29. The molecule has 1 aliphatic carbocycles. The van der Waals surface area contributed by atoms with E-state index in [0.717, 1.165) is 46.2 Å². The van der Waals surface area contributed by atoms with Crippen LogP contribution in [0.25, 0.3) is 10.6 Å². The summed E-state index contributed by atoms with van der Waals surface area (Å²) in [4.78, 5) is 70.0. The molecule has 0 spiro atoms. The van der Waals surface area contributed by atoms with Crippen molar-refractivity contribution < 1.29 is 19.2 Å². The standard InChI is InChI=1S/C25H28N8O4S/c1-13(34)8-32-24(36)20-21(30(3)25(32)37)27-12-33(20)14(2)22(35)28-18-11-38-23(29-18)15-4-5-19(26-7-15)31-9-16-6-17(16)10-31/h4-5,7,11-12,14,16-17,20-21H,6,8-10H2,1-3H3,(H,28,35)/t14-,16?,17?,20?,21?/m0/s1. The molecule has 2 saturated heterocycles. The summed E-state index contributed by atoms with van der Waals surface area (Å²) in [6.07, 6.45) is 3.81. The molecule has 0 aromatic carbocycles. The molecule has 2 aromatic rings. The molecule has 5 atom stereocenters. The first-order valence-electron chi connectivity index (χ1n) is 12.6. The van der Waals surface area contributed by atoms with E-state index in [-0.39, 0.29) is 18.2 Å². The largest absolute Gasteiger partial charge is 0.356 e. The number of pyridine rings is 1. The van der Waals surface area contributed by atoms with Gasteiger partial charge in [-0.15, -0.1) is 11.3 Å². The van der Waals surface area contributed by atoms with Crippen LogP contribution in [0.5, 0.6) is 0 Å². The molecule has 3 aliphatic heterocycles. The predicted octanol–water partition coefficient (Wildman–Crippen LogP) is 1.51. The van der Waals surface area contributed by atoms with Gasteiger partial charge in [0.1, 0.15) is 28.5 Å². The van der Waals surface area contributed by atoms with Crippen molar-refractivity contribution in [3.8, 4) is 10.6 Å². The summed E-state index contributed by atoms with van der Waals surface area (Å²) in [5.74, 6) is 1.81. The fraction of sp³-hybridized carbons (Fsp3) is 0.480. The Bertz CT molecular complexity index is 1330. The Hall–Kier alpha value is -3.87. The summed E-state index contributed by atoms with van der Waals surface area (Å²) in [5.41, 5.74) is 0.872. The number of rotatable bonds is 7. The van der Waals surface area contributed by atoms with Gasteiger partial charge in [0.25, 0.3) is 5.91 Å². The number of imide groups is 1.